The second kappa shape index (κ2) is 8.56. The fourth-order valence-corrected chi connectivity index (χ4v) is 2.29. The van der Waals surface area contributed by atoms with Gasteiger partial charge in [-0.15, -0.1) is 0 Å². The molecule has 0 aliphatic carbocycles. The van der Waals surface area contributed by atoms with Gasteiger partial charge in [0.25, 0.3) is 11.8 Å². The smallest absolute Gasteiger partial charge is 0.287 e. The summed E-state index contributed by atoms with van der Waals surface area (Å²) in [4.78, 5) is 23.8. The molecule has 140 valence electrons. The summed E-state index contributed by atoms with van der Waals surface area (Å²) in [6.45, 7) is 8.73. The highest BCUT2D eigenvalue weighted by Crippen LogP contribution is 2.24. The minimum Gasteiger partial charge on any atom is -0.481 e. The molecule has 26 heavy (non-hydrogen) atoms. The number of ether oxygens (including phenoxy) is 1. The van der Waals surface area contributed by atoms with E-state index < -0.39 is 6.10 Å². The van der Waals surface area contributed by atoms with Crippen LogP contribution in [0.1, 0.15) is 43.8 Å². The molecule has 0 bridgehead atoms. The summed E-state index contributed by atoms with van der Waals surface area (Å²) >= 11 is 0. The summed E-state index contributed by atoms with van der Waals surface area (Å²) in [6, 6.07) is 11.0. The highest BCUT2D eigenvalue weighted by atomic mass is 16.5. The SMILES string of the molecule is CC(Oc1ccc(C(C)(C)C)cc1)C(=O)NCCNC(=O)c1ccco1. The molecule has 1 aromatic carbocycles. The van der Waals surface area contributed by atoms with Crippen LogP contribution in [0.25, 0.3) is 0 Å². The van der Waals surface area contributed by atoms with Crippen molar-refractivity contribution in [2.45, 2.75) is 39.2 Å². The Labute approximate surface area is 153 Å². The van der Waals surface area contributed by atoms with Crippen LogP contribution in [-0.4, -0.2) is 31.0 Å². The number of rotatable bonds is 7. The molecule has 1 heterocycles. The zero-order valence-corrected chi connectivity index (χ0v) is 15.7. The Morgan fingerprint density at radius 1 is 1.08 bits per heavy atom. The summed E-state index contributed by atoms with van der Waals surface area (Å²) in [6.07, 6.45) is 0.806. The number of benzene rings is 1. The van der Waals surface area contributed by atoms with Crippen LogP contribution in [0.5, 0.6) is 5.75 Å². The molecule has 2 aromatic rings. The molecular weight excluding hydrogens is 332 g/mol. The molecule has 0 radical (unpaired) electrons. The number of nitrogens with one attached hydrogen (secondary N) is 2. The summed E-state index contributed by atoms with van der Waals surface area (Å²) in [5.41, 5.74) is 1.27. The normalized spacial score (nSPS) is 12.3. The van der Waals surface area contributed by atoms with E-state index in [1.165, 1.54) is 11.8 Å². The van der Waals surface area contributed by atoms with Crippen LogP contribution in [0, 0.1) is 0 Å². The van der Waals surface area contributed by atoms with Gasteiger partial charge in [-0.05, 0) is 42.2 Å². The maximum Gasteiger partial charge on any atom is 0.287 e. The number of furan rings is 1. The van der Waals surface area contributed by atoms with Gasteiger partial charge in [0.2, 0.25) is 0 Å². The molecule has 1 unspecified atom stereocenters. The topological polar surface area (TPSA) is 80.6 Å². The Bertz CT molecular complexity index is 715. The Hall–Kier alpha value is -2.76. The van der Waals surface area contributed by atoms with Crippen molar-refractivity contribution in [3.8, 4) is 5.75 Å². The van der Waals surface area contributed by atoms with Gasteiger partial charge < -0.3 is 19.8 Å². The van der Waals surface area contributed by atoms with Crippen molar-refractivity contribution in [1.82, 2.24) is 10.6 Å². The van der Waals surface area contributed by atoms with Crippen LogP contribution in [-0.2, 0) is 10.2 Å². The maximum absolute atomic E-state index is 12.1. The molecule has 0 aliphatic rings. The molecule has 0 fully saturated rings. The lowest BCUT2D eigenvalue weighted by molar-refractivity contribution is -0.127. The maximum atomic E-state index is 12.1. The molecule has 1 aromatic heterocycles. The average molecular weight is 358 g/mol. The van der Waals surface area contributed by atoms with E-state index in [1.54, 1.807) is 19.1 Å². The number of carbonyl (C=O) groups excluding carboxylic acids is 2. The standard InChI is InChI=1S/C20H26N2O4/c1-14(26-16-9-7-15(8-10-16)20(2,3)4)18(23)21-11-12-22-19(24)17-6-5-13-25-17/h5-10,13-14H,11-12H2,1-4H3,(H,21,23)(H,22,24). The van der Waals surface area contributed by atoms with Crippen molar-refractivity contribution in [3.05, 3.63) is 54.0 Å². The first-order valence-corrected chi connectivity index (χ1v) is 8.64. The lowest BCUT2D eigenvalue weighted by Crippen LogP contribution is -2.40. The van der Waals surface area contributed by atoms with E-state index in [0.29, 0.717) is 18.8 Å². The van der Waals surface area contributed by atoms with Crippen LogP contribution in [0.15, 0.2) is 47.1 Å². The largest absolute Gasteiger partial charge is 0.481 e. The van der Waals surface area contributed by atoms with Crippen LogP contribution in [0.2, 0.25) is 0 Å². The quantitative estimate of drug-likeness (QED) is 0.746. The van der Waals surface area contributed by atoms with E-state index in [0.717, 1.165) is 0 Å². The Balaban J connectivity index is 1.72. The van der Waals surface area contributed by atoms with Gasteiger partial charge >= 0.3 is 0 Å². The molecule has 0 spiro atoms. The fraction of sp³-hybridized carbons (Fsp3) is 0.400. The van der Waals surface area contributed by atoms with Gasteiger partial charge in [-0.1, -0.05) is 32.9 Å². The lowest BCUT2D eigenvalue weighted by Gasteiger charge is -2.20. The Morgan fingerprint density at radius 2 is 1.73 bits per heavy atom. The predicted octanol–water partition coefficient (Wildman–Crippen LogP) is 2.89. The third-order valence-corrected chi connectivity index (χ3v) is 3.86. The first-order chi connectivity index (χ1) is 12.3. The Morgan fingerprint density at radius 3 is 2.31 bits per heavy atom. The number of amides is 2. The fourth-order valence-electron chi connectivity index (χ4n) is 2.29. The molecule has 0 saturated carbocycles. The van der Waals surface area contributed by atoms with Gasteiger partial charge in [0.05, 0.1) is 6.26 Å². The van der Waals surface area contributed by atoms with E-state index in [1.807, 2.05) is 24.3 Å². The Kier molecular flexibility index (Phi) is 6.44. The monoisotopic (exact) mass is 358 g/mol. The van der Waals surface area contributed by atoms with Gasteiger partial charge in [-0.3, -0.25) is 9.59 Å². The minimum atomic E-state index is -0.628. The summed E-state index contributed by atoms with van der Waals surface area (Å²) in [5.74, 6) is 0.336. The molecule has 2 rings (SSSR count). The molecule has 1 atom stereocenters. The lowest BCUT2D eigenvalue weighted by atomic mass is 9.87. The third-order valence-electron chi connectivity index (χ3n) is 3.86. The van der Waals surface area contributed by atoms with Gasteiger partial charge in [-0.2, -0.15) is 0 Å². The second-order valence-corrected chi connectivity index (χ2v) is 7.06. The van der Waals surface area contributed by atoms with E-state index in [-0.39, 0.29) is 23.0 Å². The summed E-state index contributed by atoms with van der Waals surface area (Å²) in [5, 5.41) is 5.39. The van der Waals surface area contributed by atoms with Gasteiger partial charge in [-0.25, -0.2) is 0 Å². The van der Waals surface area contributed by atoms with Gasteiger partial charge in [0, 0.05) is 13.1 Å². The number of carbonyl (C=O) groups is 2. The van der Waals surface area contributed by atoms with Crippen molar-refractivity contribution in [2.24, 2.45) is 0 Å². The predicted molar refractivity (Wildman–Crippen MR) is 99.3 cm³/mol. The molecular formula is C20H26N2O4. The summed E-state index contributed by atoms with van der Waals surface area (Å²) < 4.78 is 10.7. The van der Waals surface area contributed by atoms with E-state index in [9.17, 15) is 9.59 Å². The van der Waals surface area contributed by atoms with Crippen LogP contribution < -0.4 is 15.4 Å². The van der Waals surface area contributed by atoms with Crippen LogP contribution >= 0.6 is 0 Å². The molecule has 6 heteroatoms. The first kappa shape index (κ1) is 19.6. The molecule has 0 saturated heterocycles. The second-order valence-electron chi connectivity index (χ2n) is 7.06. The summed E-state index contributed by atoms with van der Waals surface area (Å²) in [7, 11) is 0. The molecule has 0 aliphatic heterocycles. The highest BCUT2D eigenvalue weighted by Gasteiger charge is 2.16. The number of hydrogen-bond donors (Lipinski definition) is 2. The van der Waals surface area contributed by atoms with Crippen molar-refractivity contribution in [2.75, 3.05) is 13.1 Å². The van der Waals surface area contributed by atoms with Crippen molar-refractivity contribution in [3.63, 3.8) is 0 Å². The minimum absolute atomic E-state index is 0.0710. The number of hydrogen-bond acceptors (Lipinski definition) is 4. The van der Waals surface area contributed by atoms with E-state index in [2.05, 4.69) is 31.4 Å². The molecule has 2 amide bonds. The van der Waals surface area contributed by atoms with E-state index in [4.69, 9.17) is 9.15 Å². The van der Waals surface area contributed by atoms with Crippen molar-refractivity contribution in [1.29, 1.82) is 0 Å². The molecule has 6 nitrogen and oxygen atoms in total. The van der Waals surface area contributed by atoms with Crippen LogP contribution in [0.4, 0.5) is 0 Å². The first-order valence-electron chi connectivity index (χ1n) is 8.64. The van der Waals surface area contributed by atoms with Crippen molar-refractivity contribution < 1.29 is 18.7 Å². The van der Waals surface area contributed by atoms with E-state index >= 15 is 0 Å². The highest BCUT2D eigenvalue weighted by molar-refractivity contribution is 5.91. The van der Waals surface area contributed by atoms with Crippen molar-refractivity contribution >= 4 is 11.8 Å². The molecule has 2 N–H and O–H groups in total. The zero-order chi connectivity index (χ0) is 19.2. The third kappa shape index (κ3) is 5.65. The average Bonchev–Trinajstić information content (AvgIpc) is 3.12. The van der Waals surface area contributed by atoms with Crippen LogP contribution in [0.3, 0.4) is 0 Å². The van der Waals surface area contributed by atoms with Gasteiger partial charge in [0.15, 0.2) is 11.9 Å². The zero-order valence-electron chi connectivity index (χ0n) is 15.7. The van der Waals surface area contributed by atoms with Gasteiger partial charge in [0.1, 0.15) is 5.75 Å².